The van der Waals surface area contributed by atoms with E-state index in [0.717, 1.165) is 38.5 Å². The van der Waals surface area contributed by atoms with Crippen LogP contribution in [0.2, 0.25) is 0 Å². The SMILES string of the molecule is CCC(C)c1cc(C(C)CC)n(C(n2nc(C(C)CC)cc2C(C)CC)n2nc(C(C)CC)cc2C(C)CC)n1.[Cl][Mn][Cl]. The van der Waals surface area contributed by atoms with E-state index in [0.29, 0.717) is 35.5 Å². The molecule has 9 heteroatoms. The van der Waals surface area contributed by atoms with Gasteiger partial charge in [-0.15, -0.1) is 0 Å². The molecule has 0 saturated heterocycles. The maximum atomic E-state index is 5.40. The van der Waals surface area contributed by atoms with E-state index >= 15 is 0 Å². The van der Waals surface area contributed by atoms with Gasteiger partial charge in [-0.05, 0) is 92.2 Å². The molecule has 0 aromatic carbocycles. The number of rotatable bonds is 15. The molecule has 0 aliphatic rings. The number of aromatic nitrogens is 6. The van der Waals surface area contributed by atoms with Crippen LogP contribution in [-0.4, -0.2) is 29.3 Å². The Hall–Kier alpha value is -1.27. The van der Waals surface area contributed by atoms with E-state index in [9.17, 15) is 0 Å². The molecular weight excluding hydrogens is 618 g/mol. The van der Waals surface area contributed by atoms with Crippen LogP contribution >= 0.6 is 20.2 Å². The summed E-state index contributed by atoms with van der Waals surface area (Å²) in [5, 5.41) is 16.2. The molecule has 0 saturated carbocycles. The predicted octanol–water partition coefficient (Wildman–Crippen LogP) is 11.3. The number of halogens is 2. The van der Waals surface area contributed by atoms with E-state index in [1.807, 2.05) is 0 Å². The predicted molar refractivity (Wildman–Crippen MR) is 180 cm³/mol. The average Bonchev–Trinajstić information content (AvgIpc) is 3.77. The summed E-state index contributed by atoms with van der Waals surface area (Å²) in [5.74, 6) is 2.32. The number of hydrogen-bond donors (Lipinski definition) is 0. The topological polar surface area (TPSA) is 53.5 Å². The Balaban J connectivity index is 0.00000206. The summed E-state index contributed by atoms with van der Waals surface area (Å²) in [7, 11) is 9.59. The third-order valence-electron chi connectivity index (χ3n) is 9.71. The van der Waals surface area contributed by atoms with Crippen LogP contribution in [0.5, 0.6) is 0 Å². The van der Waals surface area contributed by atoms with Crippen molar-refractivity contribution >= 4 is 20.2 Å². The third-order valence-corrected chi connectivity index (χ3v) is 9.71. The number of nitrogens with zero attached hydrogens (tertiary/aromatic N) is 6. The standard InChI is InChI=1S/C34H58N6.2ClH.Mn/c1-13-22(7)28-19-31(25(10)16-4)38(35-28)34(39-32(26(11)17-5)20-29(36-39)23(8)14-2)40-33(27(12)18-6)21-30(37-40)24(9)15-3;;;/h19-27,34H,13-18H2,1-12H3;2*1H;/q;;;+2/p-2. The van der Waals surface area contributed by atoms with Crippen molar-refractivity contribution in [2.45, 2.75) is 163 Å². The van der Waals surface area contributed by atoms with Crippen molar-refractivity contribution in [1.29, 1.82) is 0 Å². The van der Waals surface area contributed by atoms with E-state index in [-0.39, 0.29) is 19.4 Å². The van der Waals surface area contributed by atoms with Crippen molar-refractivity contribution in [2.75, 3.05) is 0 Å². The van der Waals surface area contributed by atoms with Gasteiger partial charge in [0.15, 0.2) is 0 Å². The zero-order valence-electron chi connectivity index (χ0n) is 28.8. The molecule has 0 fully saturated rings. The van der Waals surface area contributed by atoms with Crippen LogP contribution in [0.25, 0.3) is 0 Å². The van der Waals surface area contributed by atoms with E-state index in [2.05, 4.69) is 115 Å². The van der Waals surface area contributed by atoms with Gasteiger partial charge < -0.3 is 0 Å². The molecule has 0 aliphatic carbocycles. The van der Waals surface area contributed by atoms with Crippen molar-refractivity contribution in [1.82, 2.24) is 29.3 Å². The van der Waals surface area contributed by atoms with Gasteiger partial charge in [0.1, 0.15) is 0 Å². The minimum atomic E-state index is -0.287. The van der Waals surface area contributed by atoms with Crippen molar-refractivity contribution in [3.63, 3.8) is 0 Å². The van der Waals surface area contributed by atoms with Gasteiger partial charge in [-0.3, -0.25) is 0 Å². The molecule has 0 aliphatic heterocycles. The van der Waals surface area contributed by atoms with Crippen molar-refractivity contribution in [3.8, 4) is 0 Å². The molecule has 3 aromatic heterocycles. The second-order valence-electron chi connectivity index (χ2n) is 12.6. The van der Waals surface area contributed by atoms with Crippen LogP contribution in [0.3, 0.4) is 0 Å². The average molecular weight is 677 g/mol. The Morgan fingerprint density at radius 1 is 0.488 bits per heavy atom. The van der Waals surface area contributed by atoms with Gasteiger partial charge in [-0.1, -0.05) is 83.1 Å². The number of hydrogen-bond acceptors (Lipinski definition) is 3. The third kappa shape index (κ3) is 8.93. The second-order valence-corrected chi connectivity index (χ2v) is 14.5. The summed E-state index contributed by atoms with van der Waals surface area (Å²) < 4.78 is 6.86. The molecule has 3 rings (SSSR count). The fraction of sp³-hybridized carbons (Fsp3) is 0.735. The van der Waals surface area contributed by atoms with Gasteiger partial charge in [-0.2, -0.15) is 15.3 Å². The van der Waals surface area contributed by atoms with Gasteiger partial charge in [0, 0.05) is 17.1 Å². The van der Waals surface area contributed by atoms with Gasteiger partial charge in [0.2, 0.25) is 6.29 Å². The van der Waals surface area contributed by atoms with Crippen molar-refractivity contribution in [3.05, 3.63) is 52.4 Å². The Labute approximate surface area is 277 Å². The fourth-order valence-electron chi connectivity index (χ4n) is 5.23. The minimum absolute atomic E-state index is 0.00694. The second kappa shape index (κ2) is 18.0. The summed E-state index contributed by atoms with van der Waals surface area (Å²) in [6.07, 6.45) is 6.09. The molecule has 3 aromatic rings. The molecule has 6 nitrogen and oxygen atoms in total. The van der Waals surface area contributed by atoms with Gasteiger partial charge in [-0.25, -0.2) is 14.0 Å². The molecule has 6 unspecified atom stereocenters. The van der Waals surface area contributed by atoms with Crippen LogP contribution in [0.1, 0.15) is 198 Å². The van der Waals surface area contributed by atoms with E-state index in [4.69, 9.17) is 35.5 Å². The molecule has 0 spiro atoms. The summed E-state index contributed by atoms with van der Waals surface area (Å²) in [5.41, 5.74) is 7.32. The van der Waals surface area contributed by atoms with Gasteiger partial charge >= 0.3 is 33.3 Å². The molecule has 0 amide bonds. The zero-order chi connectivity index (χ0) is 32.4. The molecule has 0 bridgehead atoms. The molecule has 245 valence electrons. The van der Waals surface area contributed by atoms with Gasteiger partial charge in [0.25, 0.3) is 0 Å². The molecule has 43 heavy (non-hydrogen) atoms. The summed E-state index contributed by atoms with van der Waals surface area (Å²) >= 11 is 0.00694. The molecule has 6 atom stereocenters. The first-order chi connectivity index (χ1) is 20.5. The molecular formula is C34H58Cl2MnN6. The Bertz CT molecular complexity index is 1090. The summed E-state index contributed by atoms with van der Waals surface area (Å²) in [4.78, 5) is 0. The first-order valence-electron chi connectivity index (χ1n) is 16.6. The first-order valence-corrected chi connectivity index (χ1v) is 19.9. The van der Waals surface area contributed by atoms with Crippen LogP contribution in [-0.2, 0) is 13.1 Å². The normalized spacial score (nSPS) is 16.6. The first kappa shape index (κ1) is 37.9. The van der Waals surface area contributed by atoms with E-state index in [1.165, 1.54) is 34.2 Å². The van der Waals surface area contributed by atoms with Crippen LogP contribution in [0.4, 0.5) is 0 Å². The van der Waals surface area contributed by atoms with Crippen LogP contribution in [0.15, 0.2) is 18.2 Å². The maximum absolute atomic E-state index is 5.40. The van der Waals surface area contributed by atoms with Crippen molar-refractivity contribution in [2.24, 2.45) is 0 Å². The van der Waals surface area contributed by atoms with Crippen LogP contribution < -0.4 is 0 Å². The van der Waals surface area contributed by atoms with E-state index < -0.39 is 0 Å². The molecule has 0 radical (unpaired) electrons. The molecule has 0 N–H and O–H groups in total. The Kier molecular flexibility index (Phi) is 15.9. The van der Waals surface area contributed by atoms with Crippen molar-refractivity contribution < 1.29 is 13.1 Å². The fourth-order valence-corrected chi connectivity index (χ4v) is 5.23. The Morgan fingerprint density at radius 2 is 0.698 bits per heavy atom. The van der Waals surface area contributed by atoms with E-state index in [1.54, 1.807) is 0 Å². The quantitative estimate of drug-likeness (QED) is 0.151. The summed E-state index contributed by atoms with van der Waals surface area (Å²) in [6.45, 7) is 27.5. The monoisotopic (exact) mass is 675 g/mol. The van der Waals surface area contributed by atoms with Gasteiger partial charge in [0.05, 0.1) is 17.1 Å². The zero-order valence-corrected chi connectivity index (χ0v) is 31.5. The van der Waals surface area contributed by atoms with Crippen LogP contribution in [0, 0.1) is 0 Å². The summed E-state index contributed by atoms with van der Waals surface area (Å²) in [6, 6.07) is 7.08. The molecule has 3 heterocycles. The Morgan fingerprint density at radius 3 is 0.884 bits per heavy atom.